The fraction of sp³-hybridized carbons (Fsp3) is 0.682. The van der Waals surface area contributed by atoms with Crippen molar-refractivity contribution in [1.82, 2.24) is 4.90 Å². The number of amides is 1. The van der Waals surface area contributed by atoms with Gasteiger partial charge < -0.3 is 20.1 Å². The predicted molar refractivity (Wildman–Crippen MR) is 108 cm³/mol. The van der Waals surface area contributed by atoms with Gasteiger partial charge in [0, 0.05) is 31.2 Å². The Kier molecular flexibility index (Phi) is 7.39. The molecule has 3 atom stereocenters. The molecule has 1 aromatic carbocycles. The van der Waals surface area contributed by atoms with Crippen LogP contribution in [0.1, 0.15) is 64.7 Å². The molecule has 0 spiro atoms. The van der Waals surface area contributed by atoms with E-state index in [1.165, 1.54) is 12.8 Å². The molecule has 1 aliphatic heterocycles. The minimum absolute atomic E-state index is 0.0905. The Balaban J connectivity index is 1.46. The van der Waals surface area contributed by atoms with Crippen molar-refractivity contribution in [2.75, 3.05) is 18.4 Å². The Bertz CT molecular complexity index is 582. The molecule has 5 nitrogen and oxygen atoms in total. The molecule has 0 radical (unpaired) electrons. The van der Waals surface area contributed by atoms with E-state index in [1.54, 1.807) is 0 Å². The first-order valence-electron chi connectivity index (χ1n) is 10.6. The summed E-state index contributed by atoms with van der Waals surface area (Å²) in [7, 11) is 0. The smallest absolute Gasteiger partial charge is 0.224 e. The number of hydrogen-bond acceptors (Lipinski definition) is 4. The van der Waals surface area contributed by atoms with Crippen LogP contribution in [0, 0.1) is 0 Å². The van der Waals surface area contributed by atoms with Gasteiger partial charge in [-0.2, -0.15) is 0 Å². The molecule has 2 N–H and O–H groups in total. The lowest BCUT2D eigenvalue weighted by Crippen LogP contribution is -2.35. The van der Waals surface area contributed by atoms with Crippen LogP contribution in [0.3, 0.4) is 0 Å². The van der Waals surface area contributed by atoms with Crippen molar-refractivity contribution in [3.8, 4) is 5.75 Å². The standard InChI is InChI=1S/C22H34N2O3/c1-17(16-22(26)24-14-6-2-3-7-15-24)23-18-10-12-19(13-11-18)27-21-9-5-4-8-20(21)25/h10-13,17,20-21,23,25H,2-9,14-16H2,1H3/t17-,20-,21+/m1/s1. The zero-order valence-corrected chi connectivity index (χ0v) is 16.5. The average molecular weight is 375 g/mol. The number of likely N-dealkylation sites (tertiary alicyclic amines) is 1. The summed E-state index contributed by atoms with van der Waals surface area (Å²) in [6.07, 6.45) is 8.74. The van der Waals surface area contributed by atoms with Crippen LogP contribution in [0.4, 0.5) is 5.69 Å². The summed E-state index contributed by atoms with van der Waals surface area (Å²) in [5.74, 6) is 1.04. The lowest BCUT2D eigenvalue weighted by Gasteiger charge is -2.28. The molecule has 27 heavy (non-hydrogen) atoms. The SMILES string of the molecule is C[C@H](CC(=O)N1CCCCCC1)Nc1ccc(O[C@H]2CCCC[C@H]2O)cc1. The molecule has 1 saturated carbocycles. The number of nitrogens with one attached hydrogen (secondary N) is 1. The van der Waals surface area contributed by atoms with Crippen LogP contribution in [0.25, 0.3) is 0 Å². The van der Waals surface area contributed by atoms with Crippen molar-refractivity contribution in [3.63, 3.8) is 0 Å². The van der Waals surface area contributed by atoms with Crippen molar-refractivity contribution in [1.29, 1.82) is 0 Å². The van der Waals surface area contributed by atoms with Crippen LogP contribution in [0.5, 0.6) is 5.75 Å². The lowest BCUT2D eigenvalue weighted by atomic mass is 9.95. The van der Waals surface area contributed by atoms with Gasteiger partial charge in [0.05, 0.1) is 6.10 Å². The molecule has 3 rings (SSSR count). The number of carbonyl (C=O) groups is 1. The van der Waals surface area contributed by atoms with E-state index in [-0.39, 0.29) is 24.2 Å². The zero-order chi connectivity index (χ0) is 19.1. The fourth-order valence-corrected chi connectivity index (χ4v) is 4.07. The van der Waals surface area contributed by atoms with Crippen LogP contribution in [-0.4, -0.2) is 47.3 Å². The first-order valence-corrected chi connectivity index (χ1v) is 10.6. The van der Waals surface area contributed by atoms with Crippen LogP contribution in [-0.2, 0) is 4.79 Å². The third kappa shape index (κ3) is 6.13. The average Bonchev–Trinajstić information content (AvgIpc) is 2.95. The highest BCUT2D eigenvalue weighted by Gasteiger charge is 2.24. The highest BCUT2D eigenvalue weighted by Crippen LogP contribution is 2.25. The summed E-state index contributed by atoms with van der Waals surface area (Å²) >= 11 is 0. The molecule has 0 aromatic heterocycles. The first kappa shape index (κ1) is 20.0. The van der Waals surface area contributed by atoms with E-state index in [1.807, 2.05) is 29.2 Å². The van der Waals surface area contributed by atoms with E-state index >= 15 is 0 Å². The number of rotatable bonds is 6. The Labute approximate surface area is 163 Å². The lowest BCUT2D eigenvalue weighted by molar-refractivity contribution is -0.131. The quantitative estimate of drug-likeness (QED) is 0.791. The number of aliphatic hydroxyl groups excluding tert-OH is 1. The minimum atomic E-state index is -0.360. The third-order valence-corrected chi connectivity index (χ3v) is 5.66. The van der Waals surface area contributed by atoms with Gasteiger partial charge >= 0.3 is 0 Å². The van der Waals surface area contributed by atoms with Gasteiger partial charge in [-0.3, -0.25) is 4.79 Å². The van der Waals surface area contributed by atoms with E-state index in [0.717, 1.165) is 63.1 Å². The van der Waals surface area contributed by atoms with Gasteiger partial charge in [0.1, 0.15) is 11.9 Å². The number of aliphatic hydroxyl groups is 1. The monoisotopic (exact) mass is 374 g/mol. The number of carbonyl (C=O) groups excluding carboxylic acids is 1. The molecule has 0 unspecified atom stereocenters. The molecule has 150 valence electrons. The van der Waals surface area contributed by atoms with Crippen molar-refractivity contribution in [2.24, 2.45) is 0 Å². The largest absolute Gasteiger partial charge is 0.488 e. The maximum Gasteiger partial charge on any atom is 0.224 e. The second kappa shape index (κ2) is 9.98. The summed E-state index contributed by atoms with van der Waals surface area (Å²) in [5, 5.41) is 13.5. The Morgan fingerprint density at radius 1 is 1.11 bits per heavy atom. The van der Waals surface area contributed by atoms with E-state index in [9.17, 15) is 9.90 Å². The second-order valence-corrected chi connectivity index (χ2v) is 8.08. The molecule has 2 fully saturated rings. The van der Waals surface area contributed by atoms with Crippen LogP contribution in [0.15, 0.2) is 24.3 Å². The minimum Gasteiger partial charge on any atom is -0.488 e. The van der Waals surface area contributed by atoms with E-state index in [0.29, 0.717) is 6.42 Å². The topological polar surface area (TPSA) is 61.8 Å². The normalized spacial score (nSPS) is 24.7. The summed E-state index contributed by atoms with van der Waals surface area (Å²) in [6, 6.07) is 7.93. The van der Waals surface area contributed by atoms with Gasteiger partial charge in [0.15, 0.2) is 0 Å². The molecule has 2 aliphatic rings. The number of benzene rings is 1. The Morgan fingerprint density at radius 2 is 1.78 bits per heavy atom. The second-order valence-electron chi connectivity index (χ2n) is 8.08. The summed E-state index contributed by atoms with van der Waals surface area (Å²) in [4.78, 5) is 14.5. The highest BCUT2D eigenvalue weighted by atomic mass is 16.5. The third-order valence-electron chi connectivity index (χ3n) is 5.66. The first-order chi connectivity index (χ1) is 13.1. The molecule has 1 heterocycles. The maximum absolute atomic E-state index is 12.5. The molecular formula is C22H34N2O3. The van der Waals surface area contributed by atoms with E-state index in [4.69, 9.17) is 4.74 Å². The summed E-state index contributed by atoms with van der Waals surface area (Å²) in [5.41, 5.74) is 0.989. The van der Waals surface area contributed by atoms with Crippen LogP contribution >= 0.6 is 0 Å². The van der Waals surface area contributed by atoms with Crippen molar-refractivity contribution < 1.29 is 14.6 Å². The fourth-order valence-electron chi connectivity index (χ4n) is 4.07. The van der Waals surface area contributed by atoms with Crippen molar-refractivity contribution in [2.45, 2.75) is 83.0 Å². The van der Waals surface area contributed by atoms with Gasteiger partial charge in [-0.1, -0.05) is 19.3 Å². The Hall–Kier alpha value is -1.75. The molecule has 5 heteroatoms. The van der Waals surface area contributed by atoms with E-state index < -0.39 is 0 Å². The van der Waals surface area contributed by atoms with Gasteiger partial charge in [0.25, 0.3) is 0 Å². The summed E-state index contributed by atoms with van der Waals surface area (Å²) in [6.45, 7) is 3.87. The van der Waals surface area contributed by atoms with Gasteiger partial charge in [-0.05, 0) is 63.3 Å². The molecule has 1 saturated heterocycles. The van der Waals surface area contributed by atoms with Crippen LogP contribution in [0.2, 0.25) is 0 Å². The maximum atomic E-state index is 12.5. The zero-order valence-electron chi connectivity index (χ0n) is 16.5. The molecule has 0 bridgehead atoms. The molecule has 1 aliphatic carbocycles. The number of anilines is 1. The Morgan fingerprint density at radius 3 is 2.44 bits per heavy atom. The number of hydrogen-bond donors (Lipinski definition) is 2. The number of ether oxygens (including phenoxy) is 1. The van der Waals surface area contributed by atoms with Crippen molar-refractivity contribution >= 4 is 11.6 Å². The van der Waals surface area contributed by atoms with Gasteiger partial charge in [-0.15, -0.1) is 0 Å². The molecule has 1 aromatic rings. The predicted octanol–water partition coefficient (Wildman–Crippen LogP) is 3.96. The molecule has 1 amide bonds. The number of nitrogens with zero attached hydrogens (tertiary/aromatic N) is 1. The molecular weight excluding hydrogens is 340 g/mol. The summed E-state index contributed by atoms with van der Waals surface area (Å²) < 4.78 is 5.94. The van der Waals surface area contributed by atoms with Gasteiger partial charge in [-0.25, -0.2) is 0 Å². The highest BCUT2D eigenvalue weighted by molar-refractivity contribution is 5.77. The van der Waals surface area contributed by atoms with E-state index in [2.05, 4.69) is 12.2 Å². The van der Waals surface area contributed by atoms with Crippen LogP contribution < -0.4 is 10.1 Å². The van der Waals surface area contributed by atoms with Gasteiger partial charge in [0.2, 0.25) is 5.91 Å². The van der Waals surface area contributed by atoms with Crippen molar-refractivity contribution in [3.05, 3.63) is 24.3 Å².